The Labute approximate surface area is 156 Å². The number of carbonyl (C=O) groups excluding carboxylic acids is 1. The summed E-state index contributed by atoms with van der Waals surface area (Å²) in [5, 5.41) is 13.6. The average molecular weight is 395 g/mol. The van der Waals surface area contributed by atoms with Crippen molar-refractivity contribution in [2.24, 2.45) is 0 Å². The van der Waals surface area contributed by atoms with Crippen LogP contribution in [0.25, 0.3) is 10.2 Å². The summed E-state index contributed by atoms with van der Waals surface area (Å²) in [6.07, 6.45) is -3.43. The Balaban J connectivity index is 1.84. The van der Waals surface area contributed by atoms with E-state index in [0.717, 1.165) is 28.7 Å². The van der Waals surface area contributed by atoms with E-state index in [1.165, 1.54) is 0 Å². The maximum atomic E-state index is 13.1. The Bertz CT molecular complexity index is 1050. The minimum Gasteiger partial charge on any atom is -0.360 e. The van der Waals surface area contributed by atoms with Crippen LogP contribution in [0.1, 0.15) is 58.1 Å². The number of rotatable bonds is 2. The van der Waals surface area contributed by atoms with Crippen molar-refractivity contribution in [1.29, 1.82) is 0 Å². The summed E-state index contributed by atoms with van der Waals surface area (Å²) in [6, 6.07) is 1.01. The number of carbonyl (C=O) groups is 1. The van der Waals surface area contributed by atoms with Gasteiger partial charge < -0.3 is 10.6 Å². The van der Waals surface area contributed by atoms with Gasteiger partial charge in [0.1, 0.15) is 21.6 Å². The summed E-state index contributed by atoms with van der Waals surface area (Å²) in [6.45, 7) is 5.59. The van der Waals surface area contributed by atoms with Gasteiger partial charge in [-0.25, -0.2) is 4.98 Å². The predicted octanol–water partition coefficient (Wildman–Crippen LogP) is 4.32. The number of anilines is 1. The summed E-state index contributed by atoms with van der Waals surface area (Å²) >= 11 is 0.953. The van der Waals surface area contributed by atoms with Gasteiger partial charge in [0.2, 0.25) is 0 Å². The van der Waals surface area contributed by atoms with Crippen molar-refractivity contribution in [3.05, 3.63) is 39.7 Å². The molecule has 27 heavy (non-hydrogen) atoms. The fourth-order valence-electron chi connectivity index (χ4n) is 3.26. The molecular formula is C17H16F3N5OS. The smallest absolute Gasteiger partial charge is 0.360 e. The molecule has 6 nitrogen and oxygen atoms in total. The molecule has 0 spiro atoms. The zero-order chi connectivity index (χ0) is 19.5. The summed E-state index contributed by atoms with van der Waals surface area (Å²) in [4.78, 5) is 16.9. The number of halogens is 3. The Hall–Kier alpha value is -2.62. The third-order valence-corrected chi connectivity index (χ3v) is 5.59. The molecule has 3 aromatic rings. The number of aromatic nitrogens is 3. The molecule has 0 saturated heterocycles. The monoisotopic (exact) mass is 395 g/mol. The van der Waals surface area contributed by atoms with Gasteiger partial charge in [-0.1, -0.05) is 13.8 Å². The van der Waals surface area contributed by atoms with E-state index in [9.17, 15) is 18.0 Å². The minimum absolute atomic E-state index is 0.166. The number of thiophene rings is 1. The highest BCUT2D eigenvalue weighted by Gasteiger charge is 2.36. The van der Waals surface area contributed by atoms with Crippen molar-refractivity contribution < 1.29 is 18.0 Å². The van der Waals surface area contributed by atoms with Crippen LogP contribution in [0.5, 0.6) is 0 Å². The van der Waals surface area contributed by atoms with Gasteiger partial charge in [-0.05, 0) is 24.5 Å². The Morgan fingerprint density at radius 3 is 2.67 bits per heavy atom. The summed E-state index contributed by atoms with van der Waals surface area (Å²) in [7, 11) is 0. The van der Waals surface area contributed by atoms with E-state index >= 15 is 0 Å². The number of aromatic amines is 1. The van der Waals surface area contributed by atoms with Crippen LogP contribution >= 0.6 is 11.3 Å². The normalized spacial score (nSPS) is 17.1. The summed E-state index contributed by atoms with van der Waals surface area (Å²) in [5.74, 6) is -0.180. The quantitative estimate of drug-likeness (QED) is 0.603. The lowest BCUT2D eigenvalue weighted by Crippen LogP contribution is -2.38. The van der Waals surface area contributed by atoms with Gasteiger partial charge >= 0.3 is 6.18 Å². The molecule has 1 unspecified atom stereocenters. The molecule has 0 fully saturated rings. The third-order valence-electron chi connectivity index (χ3n) is 4.51. The number of hydrogen-bond acceptors (Lipinski definition) is 5. The van der Waals surface area contributed by atoms with E-state index in [-0.39, 0.29) is 16.7 Å². The molecule has 0 radical (unpaired) electrons. The van der Waals surface area contributed by atoms with E-state index < -0.39 is 18.0 Å². The first kappa shape index (κ1) is 17.8. The molecule has 0 aliphatic carbocycles. The van der Waals surface area contributed by atoms with E-state index in [1.807, 2.05) is 13.8 Å². The lowest BCUT2D eigenvalue weighted by molar-refractivity contribution is -0.141. The van der Waals surface area contributed by atoms with Crippen molar-refractivity contribution in [3.63, 3.8) is 0 Å². The first-order valence-electron chi connectivity index (χ1n) is 8.28. The fourth-order valence-corrected chi connectivity index (χ4v) is 4.37. The molecule has 3 aromatic heterocycles. The van der Waals surface area contributed by atoms with E-state index in [1.54, 1.807) is 13.1 Å². The number of alkyl halides is 3. The highest BCUT2D eigenvalue weighted by molar-refractivity contribution is 7.21. The number of nitrogens with one attached hydrogen (secondary N) is 3. The first-order chi connectivity index (χ1) is 12.7. The number of pyridine rings is 1. The van der Waals surface area contributed by atoms with Crippen molar-refractivity contribution >= 4 is 33.1 Å². The van der Waals surface area contributed by atoms with E-state index in [2.05, 4.69) is 25.8 Å². The molecule has 1 atom stereocenters. The maximum absolute atomic E-state index is 13.1. The van der Waals surface area contributed by atoms with Gasteiger partial charge in [0.15, 0.2) is 0 Å². The Kier molecular flexibility index (Phi) is 3.91. The molecule has 1 aliphatic heterocycles. The Morgan fingerprint density at radius 2 is 2.00 bits per heavy atom. The Morgan fingerprint density at radius 1 is 1.26 bits per heavy atom. The van der Waals surface area contributed by atoms with Crippen molar-refractivity contribution in [2.45, 2.75) is 39.0 Å². The highest BCUT2D eigenvalue weighted by Crippen LogP contribution is 2.43. The number of nitrogens with zero attached hydrogens (tertiary/aromatic N) is 2. The van der Waals surface area contributed by atoms with Gasteiger partial charge in [-0.15, -0.1) is 11.3 Å². The lowest BCUT2D eigenvalue weighted by atomic mass is 10.0. The SMILES string of the molecule is Cc1cc(C(F)(F)F)nc2sc3c(c12)NC(c1cn[nH]c1C(C)C)NC3=O. The minimum atomic E-state index is -4.54. The molecule has 0 bridgehead atoms. The van der Waals surface area contributed by atoms with Gasteiger partial charge in [-0.2, -0.15) is 18.3 Å². The molecule has 1 amide bonds. The van der Waals surface area contributed by atoms with Crippen LogP contribution < -0.4 is 10.6 Å². The summed E-state index contributed by atoms with van der Waals surface area (Å²) < 4.78 is 39.2. The number of fused-ring (bicyclic) bond motifs is 3. The molecule has 4 rings (SSSR count). The zero-order valence-corrected chi connectivity index (χ0v) is 15.5. The number of amides is 1. The third kappa shape index (κ3) is 2.84. The lowest BCUT2D eigenvalue weighted by Gasteiger charge is -2.27. The van der Waals surface area contributed by atoms with Gasteiger partial charge in [0.25, 0.3) is 5.91 Å². The molecule has 142 valence electrons. The summed E-state index contributed by atoms with van der Waals surface area (Å²) in [5.41, 5.74) is 1.64. The van der Waals surface area contributed by atoms with Gasteiger partial charge in [0, 0.05) is 16.6 Å². The number of hydrogen-bond donors (Lipinski definition) is 3. The molecular weight excluding hydrogens is 379 g/mol. The first-order valence-corrected chi connectivity index (χ1v) is 9.10. The second-order valence-electron chi connectivity index (χ2n) is 6.75. The molecule has 0 saturated carbocycles. The van der Waals surface area contributed by atoms with Crippen LogP contribution in [0.15, 0.2) is 12.3 Å². The fraction of sp³-hybridized carbons (Fsp3) is 0.353. The van der Waals surface area contributed by atoms with Crippen LogP contribution in [0.3, 0.4) is 0 Å². The molecule has 10 heteroatoms. The largest absolute Gasteiger partial charge is 0.433 e. The molecule has 1 aliphatic rings. The van der Waals surface area contributed by atoms with E-state index in [0.29, 0.717) is 21.5 Å². The number of aryl methyl sites for hydroxylation is 1. The molecule has 0 aromatic carbocycles. The molecule has 3 N–H and O–H groups in total. The topological polar surface area (TPSA) is 82.7 Å². The number of H-pyrrole nitrogens is 1. The van der Waals surface area contributed by atoms with E-state index in [4.69, 9.17) is 0 Å². The standard InChI is InChI=1S/C17H16F3N5OS/c1-6(2)11-8(5-21-25-11)14-23-12-10-7(3)4-9(17(18,19)20)22-16(10)27-13(12)15(26)24-14/h4-6,14,23H,1-3H3,(H,21,25)(H,24,26). The maximum Gasteiger partial charge on any atom is 0.433 e. The van der Waals surface area contributed by atoms with Crippen molar-refractivity contribution in [3.8, 4) is 0 Å². The molecule has 4 heterocycles. The van der Waals surface area contributed by atoms with Crippen LogP contribution in [-0.4, -0.2) is 21.1 Å². The van der Waals surface area contributed by atoms with Crippen molar-refractivity contribution in [1.82, 2.24) is 20.5 Å². The second-order valence-corrected chi connectivity index (χ2v) is 7.75. The van der Waals surface area contributed by atoms with Crippen LogP contribution in [0.4, 0.5) is 18.9 Å². The van der Waals surface area contributed by atoms with Crippen molar-refractivity contribution in [2.75, 3.05) is 5.32 Å². The highest BCUT2D eigenvalue weighted by atomic mass is 32.1. The zero-order valence-electron chi connectivity index (χ0n) is 14.7. The van der Waals surface area contributed by atoms with Crippen LogP contribution in [-0.2, 0) is 6.18 Å². The van der Waals surface area contributed by atoms with Gasteiger partial charge in [-0.3, -0.25) is 9.89 Å². The average Bonchev–Trinajstić information content (AvgIpc) is 3.18. The van der Waals surface area contributed by atoms with Gasteiger partial charge in [0.05, 0.1) is 11.9 Å². The van der Waals surface area contributed by atoms with Crippen LogP contribution in [0.2, 0.25) is 0 Å². The second kappa shape index (κ2) is 5.95. The predicted molar refractivity (Wildman–Crippen MR) is 95.9 cm³/mol. The van der Waals surface area contributed by atoms with Crippen LogP contribution in [0, 0.1) is 6.92 Å².